The third kappa shape index (κ3) is 4.90. The van der Waals surface area contributed by atoms with E-state index in [0.29, 0.717) is 5.82 Å². The van der Waals surface area contributed by atoms with Gasteiger partial charge in [0.1, 0.15) is 23.5 Å². The van der Waals surface area contributed by atoms with Gasteiger partial charge < -0.3 is 15.7 Å². The summed E-state index contributed by atoms with van der Waals surface area (Å²) in [7, 11) is 0. The average molecular weight is 302 g/mol. The first-order valence-corrected chi connectivity index (χ1v) is 6.68. The molecule has 1 aromatic heterocycles. The highest BCUT2D eigenvalue weighted by Crippen LogP contribution is 2.07. The standard InChI is InChI=1S/C15H18N4O3/c1-9(2)13(15(21)22)19-14(20)11(7-16)8-18-12-6-10(3)4-5-17-12/h4-6,8-9,13H,1-3H3,(H,17,18)(H,19,20)(H,21,22)/b11-8-. The normalized spacial score (nSPS) is 12.4. The monoisotopic (exact) mass is 302 g/mol. The predicted molar refractivity (Wildman–Crippen MR) is 80.7 cm³/mol. The topological polar surface area (TPSA) is 115 Å². The lowest BCUT2D eigenvalue weighted by molar-refractivity contribution is -0.142. The Labute approximate surface area is 128 Å². The van der Waals surface area contributed by atoms with Crippen LogP contribution in [0, 0.1) is 24.2 Å². The van der Waals surface area contributed by atoms with Crippen molar-refractivity contribution < 1.29 is 14.7 Å². The molecule has 1 rings (SSSR count). The zero-order valence-corrected chi connectivity index (χ0v) is 12.6. The molecule has 1 unspecified atom stereocenters. The van der Waals surface area contributed by atoms with Crippen LogP contribution in [0.3, 0.4) is 0 Å². The van der Waals surface area contributed by atoms with Crippen LogP contribution in [-0.4, -0.2) is 28.0 Å². The minimum Gasteiger partial charge on any atom is -0.480 e. The number of hydrogen-bond donors (Lipinski definition) is 3. The molecule has 0 aliphatic rings. The number of carboxylic acid groups (broad SMARTS) is 1. The van der Waals surface area contributed by atoms with Crippen LogP contribution in [0.5, 0.6) is 0 Å². The molecule has 0 saturated heterocycles. The fourth-order valence-electron chi connectivity index (χ4n) is 1.64. The van der Waals surface area contributed by atoms with E-state index in [-0.39, 0.29) is 11.5 Å². The lowest BCUT2D eigenvalue weighted by Gasteiger charge is -2.17. The molecule has 1 amide bonds. The van der Waals surface area contributed by atoms with E-state index < -0.39 is 17.9 Å². The van der Waals surface area contributed by atoms with E-state index >= 15 is 0 Å². The Kier molecular flexibility index (Phi) is 6.08. The SMILES string of the molecule is Cc1ccnc(N/C=C(/C#N)C(=O)NC(C(=O)O)C(C)C)c1. The summed E-state index contributed by atoms with van der Waals surface area (Å²) in [6.45, 7) is 5.22. The van der Waals surface area contributed by atoms with Crippen molar-refractivity contribution in [3.05, 3.63) is 35.7 Å². The zero-order chi connectivity index (χ0) is 16.7. The maximum absolute atomic E-state index is 12.0. The summed E-state index contributed by atoms with van der Waals surface area (Å²) >= 11 is 0. The molecule has 7 heteroatoms. The van der Waals surface area contributed by atoms with E-state index in [1.54, 1.807) is 32.2 Å². The molecule has 116 valence electrons. The number of amides is 1. The van der Waals surface area contributed by atoms with Crippen molar-refractivity contribution in [1.29, 1.82) is 5.26 Å². The number of anilines is 1. The Bertz CT molecular complexity index is 632. The number of pyridine rings is 1. The largest absolute Gasteiger partial charge is 0.480 e. The minimum atomic E-state index is -1.14. The van der Waals surface area contributed by atoms with Gasteiger partial charge >= 0.3 is 5.97 Å². The van der Waals surface area contributed by atoms with E-state index in [4.69, 9.17) is 10.4 Å². The molecule has 1 atom stereocenters. The summed E-state index contributed by atoms with van der Waals surface area (Å²) in [4.78, 5) is 27.0. The molecule has 1 heterocycles. The Hall–Kier alpha value is -2.88. The van der Waals surface area contributed by atoms with Crippen LogP contribution in [-0.2, 0) is 9.59 Å². The van der Waals surface area contributed by atoms with E-state index in [2.05, 4.69) is 15.6 Å². The molecule has 0 aromatic carbocycles. The molecular formula is C15H18N4O3. The van der Waals surface area contributed by atoms with E-state index in [0.717, 1.165) is 5.56 Å². The molecule has 0 aliphatic carbocycles. The van der Waals surface area contributed by atoms with Crippen LogP contribution in [0.4, 0.5) is 5.82 Å². The van der Waals surface area contributed by atoms with Gasteiger partial charge in [-0.05, 0) is 30.5 Å². The summed E-state index contributed by atoms with van der Waals surface area (Å²) in [6, 6.07) is 4.24. The maximum Gasteiger partial charge on any atom is 0.326 e. The van der Waals surface area contributed by atoms with E-state index in [1.165, 1.54) is 6.20 Å². The molecule has 22 heavy (non-hydrogen) atoms. The van der Waals surface area contributed by atoms with Gasteiger partial charge in [0.25, 0.3) is 5.91 Å². The van der Waals surface area contributed by atoms with Crippen molar-refractivity contribution in [2.75, 3.05) is 5.32 Å². The third-order valence-corrected chi connectivity index (χ3v) is 2.86. The van der Waals surface area contributed by atoms with E-state index in [1.807, 2.05) is 13.0 Å². The lowest BCUT2D eigenvalue weighted by Crippen LogP contribution is -2.44. The van der Waals surface area contributed by atoms with Crippen molar-refractivity contribution in [3.8, 4) is 6.07 Å². The van der Waals surface area contributed by atoms with Crippen LogP contribution >= 0.6 is 0 Å². The number of carboxylic acids is 1. The second-order valence-corrected chi connectivity index (χ2v) is 5.07. The molecule has 0 spiro atoms. The number of hydrogen-bond acceptors (Lipinski definition) is 5. The van der Waals surface area contributed by atoms with Crippen molar-refractivity contribution in [1.82, 2.24) is 10.3 Å². The molecule has 7 nitrogen and oxygen atoms in total. The van der Waals surface area contributed by atoms with Crippen molar-refractivity contribution in [3.63, 3.8) is 0 Å². The van der Waals surface area contributed by atoms with Crippen molar-refractivity contribution in [2.24, 2.45) is 5.92 Å². The van der Waals surface area contributed by atoms with Crippen LogP contribution < -0.4 is 10.6 Å². The summed E-state index contributed by atoms with van der Waals surface area (Å²) in [5.74, 6) is -1.70. The summed E-state index contributed by atoms with van der Waals surface area (Å²) in [6.07, 6.45) is 2.80. The molecule has 0 saturated carbocycles. The van der Waals surface area contributed by atoms with Crippen LogP contribution in [0.1, 0.15) is 19.4 Å². The molecule has 1 aromatic rings. The highest BCUT2D eigenvalue weighted by Gasteiger charge is 2.24. The molecule has 0 bridgehead atoms. The summed E-state index contributed by atoms with van der Waals surface area (Å²) < 4.78 is 0. The number of aliphatic carboxylic acids is 1. The first kappa shape index (κ1) is 17.2. The molecule has 3 N–H and O–H groups in total. The van der Waals surface area contributed by atoms with Crippen molar-refractivity contribution >= 4 is 17.7 Å². The van der Waals surface area contributed by atoms with E-state index in [9.17, 15) is 9.59 Å². The maximum atomic E-state index is 12.0. The van der Waals surface area contributed by atoms with Gasteiger partial charge in [0.05, 0.1) is 0 Å². The average Bonchev–Trinajstić information content (AvgIpc) is 2.44. The number of carbonyl (C=O) groups is 2. The van der Waals surface area contributed by atoms with Crippen LogP contribution in [0.2, 0.25) is 0 Å². The third-order valence-electron chi connectivity index (χ3n) is 2.86. The predicted octanol–water partition coefficient (Wildman–Crippen LogP) is 1.43. The summed E-state index contributed by atoms with van der Waals surface area (Å²) in [5.41, 5.74) is 0.745. The summed E-state index contributed by atoms with van der Waals surface area (Å²) in [5, 5.41) is 23.1. The minimum absolute atomic E-state index is 0.227. The smallest absolute Gasteiger partial charge is 0.326 e. The number of aryl methyl sites for hydroxylation is 1. The van der Waals surface area contributed by atoms with Gasteiger partial charge in [-0.15, -0.1) is 0 Å². The van der Waals surface area contributed by atoms with Crippen LogP contribution in [0.25, 0.3) is 0 Å². The quantitative estimate of drug-likeness (QED) is 0.541. The lowest BCUT2D eigenvalue weighted by atomic mass is 10.0. The number of nitrogens with zero attached hydrogens (tertiary/aromatic N) is 2. The van der Waals surface area contributed by atoms with Gasteiger partial charge in [-0.25, -0.2) is 9.78 Å². The first-order chi connectivity index (χ1) is 10.3. The number of carbonyl (C=O) groups excluding carboxylic acids is 1. The fourth-order valence-corrected chi connectivity index (χ4v) is 1.64. The Morgan fingerprint density at radius 3 is 2.64 bits per heavy atom. The Morgan fingerprint density at radius 2 is 2.14 bits per heavy atom. The van der Waals surface area contributed by atoms with Crippen molar-refractivity contribution in [2.45, 2.75) is 26.8 Å². The number of nitrogens with one attached hydrogen (secondary N) is 2. The number of nitriles is 1. The van der Waals surface area contributed by atoms with Gasteiger partial charge in [-0.3, -0.25) is 4.79 Å². The Balaban J connectivity index is 2.82. The van der Waals surface area contributed by atoms with Gasteiger partial charge in [0.2, 0.25) is 0 Å². The highest BCUT2D eigenvalue weighted by atomic mass is 16.4. The first-order valence-electron chi connectivity index (χ1n) is 6.68. The van der Waals surface area contributed by atoms with Gasteiger partial charge in [0, 0.05) is 12.4 Å². The fraction of sp³-hybridized carbons (Fsp3) is 0.333. The molecule has 0 aliphatic heterocycles. The molecule has 0 fully saturated rings. The van der Waals surface area contributed by atoms with Gasteiger partial charge in [0.15, 0.2) is 0 Å². The molecule has 0 radical (unpaired) electrons. The highest BCUT2D eigenvalue weighted by molar-refractivity contribution is 5.99. The number of aromatic nitrogens is 1. The number of rotatable bonds is 6. The van der Waals surface area contributed by atoms with Gasteiger partial charge in [-0.1, -0.05) is 13.8 Å². The zero-order valence-electron chi connectivity index (χ0n) is 12.6. The van der Waals surface area contributed by atoms with Crippen LogP contribution in [0.15, 0.2) is 30.1 Å². The van der Waals surface area contributed by atoms with Gasteiger partial charge in [-0.2, -0.15) is 5.26 Å². The molecular weight excluding hydrogens is 284 g/mol. The second kappa shape index (κ2) is 7.78. The Morgan fingerprint density at radius 1 is 1.45 bits per heavy atom. The second-order valence-electron chi connectivity index (χ2n) is 5.07.